The van der Waals surface area contributed by atoms with Crippen LogP contribution in [0.15, 0.2) is 89.7 Å². The van der Waals surface area contributed by atoms with Gasteiger partial charge >= 0.3 is 0 Å². The molecule has 4 aromatic rings. The van der Waals surface area contributed by atoms with Crippen LogP contribution in [0.4, 0.5) is 0 Å². The summed E-state index contributed by atoms with van der Waals surface area (Å²) in [4.78, 5) is 20.6. The smallest absolute Gasteiger partial charge is 0.202 e. The summed E-state index contributed by atoms with van der Waals surface area (Å²) in [6.45, 7) is 0. The quantitative estimate of drug-likeness (QED) is 0.501. The van der Waals surface area contributed by atoms with Crippen molar-refractivity contribution in [1.82, 2.24) is 9.97 Å². The molecule has 0 aliphatic rings. The Morgan fingerprint density at radius 1 is 0.778 bits per heavy atom. The van der Waals surface area contributed by atoms with E-state index >= 15 is 0 Å². The number of pyridine rings is 1. The molecule has 0 fully saturated rings. The Balaban J connectivity index is 1.39. The largest absolute Gasteiger partial charge is 0.440 e. The van der Waals surface area contributed by atoms with E-state index < -0.39 is 0 Å². The van der Waals surface area contributed by atoms with Crippen LogP contribution in [0.3, 0.4) is 0 Å². The van der Waals surface area contributed by atoms with Gasteiger partial charge in [-0.3, -0.25) is 9.78 Å². The maximum Gasteiger partial charge on any atom is 0.202 e. The van der Waals surface area contributed by atoms with E-state index in [1.54, 1.807) is 18.6 Å². The average molecular weight is 354 g/mol. The van der Waals surface area contributed by atoms with Crippen molar-refractivity contribution in [3.8, 4) is 22.5 Å². The van der Waals surface area contributed by atoms with Crippen LogP contribution in [-0.4, -0.2) is 15.8 Å². The number of aromatic nitrogens is 2. The molecule has 0 bridgehead atoms. The molecule has 0 amide bonds. The first-order valence-corrected chi connectivity index (χ1v) is 8.79. The maximum atomic E-state index is 12.4. The maximum absolute atomic E-state index is 12.4. The van der Waals surface area contributed by atoms with Crippen molar-refractivity contribution >= 4 is 5.78 Å². The Bertz CT molecular complexity index is 1020. The summed E-state index contributed by atoms with van der Waals surface area (Å²) in [6, 6.07) is 22.0. The van der Waals surface area contributed by atoms with Gasteiger partial charge in [0.2, 0.25) is 5.89 Å². The topological polar surface area (TPSA) is 56.0 Å². The first-order valence-electron chi connectivity index (χ1n) is 8.79. The molecule has 4 nitrogen and oxygen atoms in total. The first kappa shape index (κ1) is 16.9. The lowest BCUT2D eigenvalue weighted by Crippen LogP contribution is -2.06. The molecule has 0 N–H and O–H groups in total. The van der Waals surface area contributed by atoms with Crippen LogP contribution in [0.1, 0.15) is 11.5 Å². The monoisotopic (exact) mass is 354 g/mol. The highest BCUT2D eigenvalue weighted by Crippen LogP contribution is 2.21. The Morgan fingerprint density at radius 2 is 1.52 bits per heavy atom. The second-order valence-electron chi connectivity index (χ2n) is 6.32. The normalized spacial score (nSPS) is 10.7. The highest BCUT2D eigenvalue weighted by Gasteiger charge is 2.12. The van der Waals surface area contributed by atoms with E-state index in [-0.39, 0.29) is 12.2 Å². The molecule has 0 saturated carbocycles. The lowest BCUT2D eigenvalue weighted by atomic mass is 10.0. The van der Waals surface area contributed by atoms with Gasteiger partial charge in [0.25, 0.3) is 0 Å². The van der Waals surface area contributed by atoms with E-state index in [2.05, 4.69) is 22.1 Å². The summed E-state index contributed by atoms with van der Waals surface area (Å²) in [6.07, 6.45) is 5.59. The lowest BCUT2D eigenvalue weighted by Gasteiger charge is -2.04. The number of hydrogen-bond donors (Lipinski definition) is 0. The Labute approximate surface area is 157 Å². The minimum atomic E-state index is 0.0713. The third kappa shape index (κ3) is 4.18. The molecule has 0 spiro atoms. The second kappa shape index (κ2) is 7.79. The van der Waals surface area contributed by atoms with E-state index in [1.165, 1.54) is 0 Å². The zero-order chi connectivity index (χ0) is 18.5. The van der Waals surface area contributed by atoms with E-state index in [4.69, 9.17) is 4.42 Å². The minimum absolute atomic E-state index is 0.0713. The van der Waals surface area contributed by atoms with Gasteiger partial charge in [0.15, 0.2) is 5.76 Å². The third-order valence-corrected chi connectivity index (χ3v) is 4.31. The summed E-state index contributed by atoms with van der Waals surface area (Å²) in [5, 5.41) is 0. The summed E-state index contributed by atoms with van der Waals surface area (Å²) < 4.78 is 5.68. The third-order valence-electron chi connectivity index (χ3n) is 4.31. The molecule has 0 saturated heterocycles. The summed E-state index contributed by atoms with van der Waals surface area (Å²) >= 11 is 0. The Kier molecular flexibility index (Phi) is 4.88. The van der Waals surface area contributed by atoms with Crippen LogP contribution in [0.5, 0.6) is 0 Å². The lowest BCUT2D eigenvalue weighted by molar-refractivity contribution is -0.118. The molecule has 0 unspecified atom stereocenters. The molecule has 0 aliphatic carbocycles. The molecule has 2 aromatic carbocycles. The summed E-state index contributed by atoms with van der Waals surface area (Å²) in [5.41, 5.74) is 4.14. The van der Waals surface area contributed by atoms with Gasteiger partial charge in [-0.2, -0.15) is 0 Å². The van der Waals surface area contributed by atoms with Crippen LogP contribution in [0.2, 0.25) is 0 Å². The molecule has 0 atom stereocenters. The number of nitrogens with zero attached hydrogens (tertiary/aromatic N) is 2. The zero-order valence-corrected chi connectivity index (χ0v) is 14.7. The van der Waals surface area contributed by atoms with Gasteiger partial charge in [0.05, 0.1) is 12.6 Å². The number of rotatable bonds is 6. The fourth-order valence-electron chi connectivity index (χ4n) is 2.94. The number of oxazole rings is 1. The van der Waals surface area contributed by atoms with E-state index in [0.717, 1.165) is 22.3 Å². The predicted octanol–water partition coefficient (Wildman–Crippen LogP) is 4.76. The molecule has 4 heteroatoms. The average Bonchev–Trinajstić information content (AvgIpc) is 3.18. The molecule has 0 aliphatic heterocycles. The minimum Gasteiger partial charge on any atom is -0.440 e. The van der Waals surface area contributed by atoms with E-state index in [1.807, 2.05) is 54.6 Å². The van der Waals surface area contributed by atoms with Crippen molar-refractivity contribution in [3.63, 3.8) is 0 Å². The van der Waals surface area contributed by atoms with E-state index in [0.29, 0.717) is 18.1 Å². The molecule has 2 heterocycles. The van der Waals surface area contributed by atoms with Crippen LogP contribution >= 0.6 is 0 Å². The van der Waals surface area contributed by atoms with Crippen LogP contribution in [0.25, 0.3) is 22.5 Å². The van der Waals surface area contributed by atoms with Gasteiger partial charge in [0.1, 0.15) is 5.78 Å². The molecule has 27 heavy (non-hydrogen) atoms. The standard InChI is InChI=1S/C23H18N2O2/c26-21(14-23-25-16-22(27-23)20-7-4-12-24-15-20)13-17-8-10-19(11-9-17)18-5-2-1-3-6-18/h1-12,15-16H,13-14H2. The van der Waals surface area contributed by atoms with Crippen LogP contribution < -0.4 is 0 Å². The molecular weight excluding hydrogens is 336 g/mol. The van der Waals surface area contributed by atoms with Gasteiger partial charge in [-0.1, -0.05) is 54.6 Å². The molecule has 4 rings (SSSR count). The van der Waals surface area contributed by atoms with Gasteiger partial charge in [-0.25, -0.2) is 4.98 Å². The van der Waals surface area contributed by atoms with Gasteiger partial charge in [-0.15, -0.1) is 0 Å². The number of benzene rings is 2. The molecule has 0 radical (unpaired) electrons. The van der Waals surface area contributed by atoms with E-state index in [9.17, 15) is 4.79 Å². The Morgan fingerprint density at radius 3 is 2.26 bits per heavy atom. The fourth-order valence-corrected chi connectivity index (χ4v) is 2.94. The summed E-state index contributed by atoms with van der Waals surface area (Å²) in [5.74, 6) is 1.12. The van der Waals surface area contributed by atoms with Crippen molar-refractivity contribution < 1.29 is 9.21 Å². The molecule has 2 aromatic heterocycles. The van der Waals surface area contributed by atoms with Crippen molar-refractivity contribution in [2.75, 3.05) is 0 Å². The SMILES string of the molecule is O=C(Cc1ccc(-c2ccccc2)cc1)Cc1ncc(-c2cccnc2)o1. The van der Waals surface area contributed by atoms with Crippen molar-refractivity contribution in [2.24, 2.45) is 0 Å². The number of Topliss-reactive ketones (excluding diaryl/α,β-unsaturated/α-hetero) is 1. The zero-order valence-electron chi connectivity index (χ0n) is 14.7. The van der Waals surface area contributed by atoms with Crippen molar-refractivity contribution in [3.05, 3.63) is 96.8 Å². The van der Waals surface area contributed by atoms with Crippen LogP contribution in [0, 0.1) is 0 Å². The summed E-state index contributed by atoms with van der Waals surface area (Å²) in [7, 11) is 0. The van der Waals surface area contributed by atoms with Gasteiger partial charge in [0, 0.05) is 24.4 Å². The van der Waals surface area contributed by atoms with Crippen molar-refractivity contribution in [1.29, 1.82) is 0 Å². The van der Waals surface area contributed by atoms with Gasteiger partial charge < -0.3 is 4.42 Å². The predicted molar refractivity (Wildman–Crippen MR) is 104 cm³/mol. The molecular formula is C23H18N2O2. The van der Waals surface area contributed by atoms with Gasteiger partial charge in [-0.05, 0) is 28.8 Å². The highest BCUT2D eigenvalue weighted by molar-refractivity contribution is 5.82. The number of carbonyl (C=O) groups excluding carboxylic acids is 1. The fraction of sp³-hybridized carbons (Fsp3) is 0.0870. The second-order valence-corrected chi connectivity index (χ2v) is 6.32. The van der Waals surface area contributed by atoms with Crippen LogP contribution in [-0.2, 0) is 17.6 Å². The molecule has 132 valence electrons. The Hall–Kier alpha value is -3.53. The number of carbonyl (C=O) groups is 1. The van der Waals surface area contributed by atoms with Crippen molar-refractivity contribution in [2.45, 2.75) is 12.8 Å². The first-order chi connectivity index (χ1) is 13.3. The number of hydrogen-bond acceptors (Lipinski definition) is 4. The number of ketones is 1. The highest BCUT2D eigenvalue weighted by atomic mass is 16.4.